The molecular weight excluding hydrogens is 308 g/mol. The van der Waals surface area contributed by atoms with Crippen LogP contribution in [0.3, 0.4) is 0 Å². The Morgan fingerprint density at radius 2 is 2.17 bits per heavy atom. The van der Waals surface area contributed by atoms with Gasteiger partial charge in [0, 0.05) is 24.8 Å². The van der Waals surface area contributed by atoms with E-state index in [-0.39, 0.29) is 5.91 Å². The molecule has 0 spiro atoms. The van der Waals surface area contributed by atoms with E-state index in [1.165, 1.54) is 0 Å². The van der Waals surface area contributed by atoms with Crippen LogP contribution in [0.1, 0.15) is 18.4 Å². The van der Waals surface area contributed by atoms with Crippen LogP contribution in [0.15, 0.2) is 41.1 Å². The molecule has 1 aromatic carbocycles. The number of nitrogens with one attached hydrogen (secondary N) is 1. The van der Waals surface area contributed by atoms with Gasteiger partial charge in [0.25, 0.3) is 0 Å². The van der Waals surface area contributed by atoms with Crippen LogP contribution in [-0.2, 0) is 11.2 Å². The van der Waals surface area contributed by atoms with Crippen LogP contribution in [-0.4, -0.2) is 37.0 Å². The summed E-state index contributed by atoms with van der Waals surface area (Å²) in [4.78, 5) is 14.4. The molecule has 122 valence electrons. The standard InChI is InChI=1S/C18H22N2O2S/c1-22-17-6-4-15(5-7-17)19-16-3-2-9-20(12-16)18(21)11-14-8-10-23-13-14/h4-8,10,13,16,19H,2-3,9,11-12H2,1H3/t16-/m0/s1. The topological polar surface area (TPSA) is 41.6 Å². The highest BCUT2D eigenvalue weighted by Crippen LogP contribution is 2.20. The first-order valence-corrected chi connectivity index (χ1v) is 8.88. The number of hydrogen-bond donors (Lipinski definition) is 1. The summed E-state index contributed by atoms with van der Waals surface area (Å²) >= 11 is 1.64. The molecule has 1 N–H and O–H groups in total. The number of hydrogen-bond acceptors (Lipinski definition) is 4. The Kier molecular flexibility index (Phi) is 5.18. The quantitative estimate of drug-likeness (QED) is 0.913. The predicted molar refractivity (Wildman–Crippen MR) is 94.2 cm³/mol. The van der Waals surface area contributed by atoms with Crippen molar-refractivity contribution < 1.29 is 9.53 Å². The SMILES string of the molecule is COc1ccc(N[C@H]2CCCN(C(=O)Cc3ccsc3)C2)cc1. The molecule has 1 aliphatic rings. The number of benzene rings is 1. The van der Waals surface area contributed by atoms with E-state index in [9.17, 15) is 4.79 Å². The van der Waals surface area contributed by atoms with Crippen molar-refractivity contribution >= 4 is 22.9 Å². The molecule has 2 heterocycles. The third kappa shape index (κ3) is 4.26. The van der Waals surface area contributed by atoms with Crippen molar-refractivity contribution in [3.8, 4) is 5.75 Å². The Hall–Kier alpha value is -2.01. The smallest absolute Gasteiger partial charge is 0.227 e. The second kappa shape index (κ2) is 7.51. The molecule has 1 atom stereocenters. The lowest BCUT2D eigenvalue weighted by atomic mass is 10.0. The molecule has 0 radical (unpaired) electrons. The van der Waals surface area contributed by atoms with Gasteiger partial charge < -0.3 is 15.0 Å². The molecule has 0 bridgehead atoms. The van der Waals surface area contributed by atoms with Crippen molar-refractivity contribution in [2.45, 2.75) is 25.3 Å². The number of methoxy groups -OCH3 is 1. The number of carbonyl (C=O) groups excluding carboxylic acids is 1. The van der Waals surface area contributed by atoms with E-state index in [2.05, 4.69) is 10.7 Å². The van der Waals surface area contributed by atoms with Crippen LogP contribution in [0, 0.1) is 0 Å². The summed E-state index contributed by atoms with van der Waals surface area (Å²) in [6.07, 6.45) is 2.65. The molecule has 1 saturated heterocycles. The van der Waals surface area contributed by atoms with Crippen LogP contribution in [0.5, 0.6) is 5.75 Å². The third-order valence-corrected chi connectivity index (χ3v) is 4.90. The lowest BCUT2D eigenvalue weighted by molar-refractivity contribution is -0.131. The highest BCUT2D eigenvalue weighted by molar-refractivity contribution is 7.08. The van der Waals surface area contributed by atoms with E-state index in [4.69, 9.17) is 4.74 Å². The molecule has 0 saturated carbocycles. The molecule has 3 rings (SSSR count). The molecule has 23 heavy (non-hydrogen) atoms. The molecule has 1 aromatic heterocycles. The van der Waals surface area contributed by atoms with Crippen LogP contribution in [0.25, 0.3) is 0 Å². The number of amides is 1. The number of piperidine rings is 1. The maximum atomic E-state index is 12.4. The number of likely N-dealkylation sites (tertiary alicyclic amines) is 1. The minimum Gasteiger partial charge on any atom is -0.497 e. The van der Waals surface area contributed by atoms with E-state index in [0.29, 0.717) is 12.5 Å². The lowest BCUT2D eigenvalue weighted by Crippen LogP contribution is -2.45. The first-order chi connectivity index (χ1) is 11.2. The summed E-state index contributed by atoms with van der Waals surface area (Å²) in [7, 11) is 1.67. The Balaban J connectivity index is 1.55. The Morgan fingerprint density at radius 1 is 1.35 bits per heavy atom. The molecular formula is C18H22N2O2S. The first-order valence-electron chi connectivity index (χ1n) is 7.94. The average molecular weight is 330 g/mol. The maximum absolute atomic E-state index is 12.4. The van der Waals surface area contributed by atoms with Gasteiger partial charge in [0.15, 0.2) is 0 Å². The van der Waals surface area contributed by atoms with Gasteiger partial charge in [-0.15, -0.1) is 0 Å². The fraction of sp³-hybridized carbons (Fsp3) is 0.389. The first kappa shape index (κ1) is 15.9. The number of thiophene rings is 1. The van der Waals surface area contributed by atoms with Crippen LogP contribution in [0.4, 0.5) is 5.69 Å². The Labute approximate surface area is 141 Å². The minimum atomic E-state index is 0.227. The van der Waals surface area contributed by atoms with Crippen molar-refractivity contribution in [1.29, 1.82) is 0 Å². The van der Waals surface area contributed by atoms with Crippen molar-refractivity contribution in [3.63, 3.8) is 0 Å². The molecule has 1 aliphatic heterocycles. The number of ether oxygens (including phenoxy) is 1. The van der Waals surface area contributed by atoms with Gasteiger partial charge in [0.2, 0.25) is 5.91 Å². The van der Waals surface area contributed by atoms with E-state index >= 15 is 0 Å². The van der Waals surface area contributed by atoms with Crippen molar-refractivity contribution in [1.82, 2.24) is 4.90 Å². The van der Waals surface area contributed by atoms with Gasteiger partial charge in [-0.25, -0.2) is 0 Å². The molecule has 0 aliphatic carbocycles. The van der Waals surface area contributed by atoms with E-state index in [0.717, 1.165) is 42.9 Å². The fourth-order valence-electron chi connectivity index (χ4n) is 2.92. The Morgan fingerprint density at radius 3 is 2.87 bits per heavy atom. The molecule has 5 heteroatoms. The zero-order chi connectivity index (χ0) is 16.1. The normalized spacial score (nSPS) is 17.8. The van der Waals surface area contributed by atoms with Gasteiger partial charge in [-0.1, -0.05) is 0 Å². The van der Waals surface area contributed by atoms with E-state index < -0.39 is 0 Å². The summed E-state index contributed by atoms with van der Waals surface area (Å²) in [5.41, 5.74) is 2.19. The molecule has 2 aromatic rings. The van der Waals surface area contributed by atoms with Crippen LogP contribution < -0.4 is 10.1 Å². The van der Waals surface area contributed by atoms with Crippen LogP contribution in [0.2, 0.25) is 0 Å². The van der Waals surface area contributed by atoms with Gasteiger partial charge in [0.1, 0.15) is 5.75 Å². The maximum Gasteiger partial charge on any atom is 0.227 e. The van der Waals surface area contributed by atoms with Crippen molar-refractivity contribution in [2.75, 3.05) is 25.5 Å². The monoisotopic (exact) mass is 330 g/mol. The second-order valence-electron chi connectivity index (χ2n) is 5.86. The van der Waals surface area contributed by atoms with Crippen molar-refractivity contribution in [2.24, 2.45) is 0 Å². The van der Waals surface area contributed by atoms with Crippen LogP contribution >= 0.6 is 11.3 Å². The number of carbonyl (C=O) groups is 1. The number of anilines is 1. The van der Waals surface area contributed by atoms with Gasteiger partial charge in [-0.2, -0.15) is 11.3 Å². The van der Waals surface area contributed by atoms with Gasteiger partial charge >= 0.3 is 0 Å². The molecule has 1 fully saturated rings. The summed E-state index contributed by atoms with van der Waals surface area (Å²) in [5.74, 6) is 1.08. The summed E-state index contributed by atoms with van der Waals surface area (Å²) in [6.45, 7) is 1.64. The van der Waals surface area contributed by atoms with Gasteiger partial charge in [-0.05, 0) is 59.5 Å². The van der Waals surface area contributed by atoms with E-state index in [1.807, 2.05) is 40.6 Å². The third-order valence-electron chi connectivity index (χ3n) is 4.17. The molecule has 0 unspecified atom stereocenters. The van der Waals surface area contributed by atoms with Crippen molar-refractivity contribution in [3.05, 3.63) is 46.7 Å². The zero-order valence-electron chi connectivity index (χ0n) is 13.3. The zero-order valence-corrected chi connectivity index (χ0v) is 14.1. The minimum absolute atomic E-state index is 0.227. The van der Waals surface area contributed by atoms with Gasteiger partial charge in [-0.3, -0.25) is 4.79 Å². The summed E-state index contributed by atoms with van der Waals surface area (Å²) in [5, 5.41) is 7.60. The molecule has 1 amide bonds. The highest BCUT2D eigenvalue weighted by Gasteiger charge is 2.23. The largest absolute Gasteiger partial charge is 0.497 e. The average Bonchev–Trinajstić information content (AvgIpc) is 3.09. The fourth-order valence-corrected chi connectivity index (χ4v) is 3.59. The summed E-state index contributed by atoms with van der Waals surface area (Å²) in [6, 6.07) is 10.3. The van der Waals surface area contributed by atoms with E-state index in [1.54, 1.807) is 18.4 Å². The number of nitrogens with zero attached hydrogens (tertiary/aromatic N) is 1. The predicted octanol–water partition coefficient (Wildman–Crippen LogP) is 3.40. The Bertz CT molecular complexity index is 625. The number of rotatable bonds is 5. The van der Waals surface area contributed by atoms with Gasteiger partial charge in [0.05, 0.1) is 13.5 Å². The lowest BCUT2D eigenvalue weighted by Gasteiger charge is -2.33. The second-order valence-corrected chi connectivity index (χ2v) is 6.64. The summed E-state index contributed by atoms with van der Waals surface area (Å²) < 4.78 is 5.18. The molecule has 4 nitrogen and oxygen atoms in total. The highest BCUT2D eigenvalue weighted by atomic mass is 32.1.